The molecule has 3 aromatic rings. The van der Waals surface area contributed by atoms with Gasteiger partial charge in [0.05, 0.1) is 0 Å². The van der Waals surface area contributed by atoms with E-state index in [0.717, 1.165) is 32.0 Å². The summed E-state index contributed by atoms with van der Waals surface area (Å²) >= 11 is 1.56. The highest BCUT2D eigenvalue weighted by atomic mass is 32.1. The third-order valence-corrected chi connectivity index (χ3v) is 4.60. The molecule has 0 spiro atoms. The van der Waals surface area contributed by atoms with Crippen LogP contribution < -0.4 is 0 Å². The van der Waals surface area contributed by atoms with Crippen molar-refractivity contribution in [1.82, 2.24) is 0 Å². The number of hydrogen-bond donors (Lipinski definition) is 2. The van der Waals surface area contributed by atoms with Gasteiger partial charge in [0.2, 0.25) is 0 Å². The predicted molar refractivity (Wildman–Crippen MR) is 88.0 cm³/mol. The van der Waals surface area contributed by atoms with E-state index in [1.807, 2.05) is 50.2 Å². The molecule has 1 heterocycles. The van der Waals surface area contributed by atoms with E-state index >= 15 is 0 Å². The van der Waals surface area contributed by atoms with Crippen LogP contribution in [-0.4, -0.2) is 10.2 Å². The first kappa shape index (κ1) is 13.7. The maximum absolute atomic E-state index is 10.1. The number of rotatable bonds is 2. The van der Waals surface area contributed by atoms with Crippen molar-refractivity contribution < 1.29 is 10.2 Å². The second-order valence-electron chi connectivity index (χ2n) is 5.21. The van der Waals surface area contributed by atoms with Gasteiger partial charge in [0.25, 0.3) is 0 Å². The van der Waals surface area contributed by atoms with Crippen molar-refractivity contribution >= 4 is 11.3 Å². The normalized spacial score (nSPS) is 10.8. The van der Waals surface area contributed by atoms with E-state index in [9.17, 15) is 10.2 Å². The second kappa shape index (κ2) is 5.26. The van der Waals surface area contributed by atoms with Crippen LogP contribution in [0.5, 0.6) is 11.5 Å². The van der Waals surface area contributed by atoms with Gasteiger partial charge in [-0.3, -0.25) is 0 Å². The molecular formula is C18H16O2S. The highest BCUT2D eigenvalue weighted by Gasteiger charge is 2.11. The van der Waals surface area contributed by atoms with Crippen LogP contribution in [0.25, 0.3) is 20.9 Å². The molecule has 0 saturated heterocycles. The van der Waals surface area contributed by atoms with Crippen molar-refractivity contribution in [3.63, 3.8) is 0 Å². The van der Waals surface area contributed by atoms with Gasteiger partial charge in [-0.05, 0) is 61.4 Å². The third-order valence-electron chi connectivity index (χ3n) is 3.44. The largest absolute Gasteiger partial charge is 0.507 e. The van der Waals surface area contributed by atoms with E-state index < -0.39 is 0 Å². The number of phenols is 2. The Kier molecular flexibility index (Phi) is 3.43. The quantitative estimate of drug-likeness (QED) is 0.690. The van der Waals surface area contributed by atoms with E-state index in [1.54, 1.807) is 23.5 Å². The fourth-order valence-corrected chi connectivity index (χ4v) is 3.40. The maximum atomic E-state index is 10.1. The van der Waals surface area contributed by atoms with Gasteiger partial charge in [-0.2, -0.15) is 0 Å². The Bertz CT molecular complexity index is 737. The monoisotopic (exact) mass is 296 g/mol. The van der Waals surface area contributed by atoms with Crippen LogP contribution in [0.1, 0.15) is 11.1 Å². The molecule has 0 amide bonds. The zero-order chi connectivity index (χ0) is 15.0. The molecule has 0 unspecified atom stereocenters. The molecule has 106 valence electrons. The molecule has 21 heavy (non-hydrogen) atoms. The van der Waals surface area contributed by atoms with Crippen molar-refractivity contribution in [3.8, 4) is 32.4 Å². The molecule has 2 aromatic carbocycles. The van der Waals surface area contributed by atoms with Crippen LogP contribution in [0.3, 0.4) is 0 Å². The van der Waals surface area contributed by atoms with E-state index in [4.69, 9.17) is 0 Å². The van der Waals surface area contributed by atoms with Gasteiger partial charge < -0.3 is 10.2 Å². The number of hydrogen-bond acceptors (Lipinski definition) is 3. The van der Waals surface area contributed by atoms with Crippen molar-refractivity contribution in [2.24, 2.45) is 0 Å². The Hall–Kier alpha value is -2.26. The standard InChI is InChI=1S/C18H16O2S/c1-11-3-5-13(15(19)9-11)17-7-8-18(21-17)14-6-4-12(2)10-16(14)20/h3-10,19-20H,1-2H3. The minimum atomic E-state index is 0.288. The molecule has 0 saturated carbocycles. The summed E-state index contributed by atoms with van der Waals surface area (Å²) in [5.74, 6) is 0.577. The number of phenolic OH excluding ortho intramolecular Hbond substituents is 2. The van der Waals surface area contributed by atoms with Gasteiger partial charge >= 0.3 is 0 Å². The lowest BCUT2D eigenvalue weighted by atomic mass is 10.1. The minimum absolute atomic E-state index is 0.288. The molecular weight excluding hydrogens is 280 g/mol. The maximum Gasteiger partial charge on any atom is 0.124 e. The van der Waals surface area contributed by atoms with E-state index in [1.165, 1.54) is 0 Å². The topological polar surface area (TPSA) is 40.5 Å². The summed E-state index contributed by atoms with van der Waals surface area (Å²) in [6.45, 7) is 3.90. The van der Waals surface area contributed by atoms with Gasteiger partial charge in [-0.25, -0.2) is 0 Å². The Morgan fingerprint density at radius 3 is 1.48 bits per heavy atom. The summed E-state index contributed by atoms with van der Waals surface area (Å²) in [6, 6.07) is 15.3. The van der Waals surface area contributed by atoms with Crippen molar-refractivity contribution in [1.29, 1.82) is 0 Å². The van der Waals surface area contributed by atoms with Crippen LogP contribution in [0.2, 0.25) is 0 Å². The van der Waals surface area contributed by atoms with Crippen molar-refractivity contribution in [2.45, 2.75) is 13.8 Å². The Labute approximate surface area is 128 Å². The molecule has 2 nitrogen and oxygen atoms in total. The van der Waals surface area contributed by atoms with Gasteiger partial charge in [0.1, 0.15) is 11.5 Å². The number of aryl methyl sites for hydroxylation is 2. The molecule has 0 aliphatic carbocycles. The average Bonchev–Trinajstić information content (AvgIpc) is 2.87. The third kappa shape index (κ3) is 2.65. The minimum Gasteiger partial charge on any atom is -0.507 e. The Balaban J connectivity index is 2.03. The summed E-state index contributed by atoms with van der Waals surface area (Å²) in [7, 11) is 0. The molecule has 0 radical (unpaired) electrons. The van der Waals surface area contributed by atoms with E-state index in [2.05, 4.69) is 0 Å². The fraction of sp³-hybridized carbons (Fsp3) is 0.111. The highest BCUT2D eigenvalue weighted by molar-refractivity contribution is 7.18. The SMILES string of the molecule is Cc1ccc(-c2ccc(-c3ccc(C)cc3O)s2)c(O)c1. The number of aromatic hydroxyl groups is 2. The Morgan fingerprint density at radius 2 is 1.10 bits per heavy atom. The molecule has 0 bridgehead atoms. The van der Waals surface area contributed by atoms with Crippen LogP contribution >= 0.6 is 11.3 Å². The smallest absolute Gasteiger partial charge is 0.124 e. The number of benzene rings is 2. The molecule has 0 atom stereocenters. The fourth-order valence-electron chi connectivity index (χ4n) is 2.33. The van der Waals surface area contributed by atoms with Crippen molar-refractivity contribution in [3.05, 3.63) is 59.7 Å². The lowest BCUT2D eigenvalue weighted by molar-refractivity contribution is 0.476. The zero-order valence-corrected chi connectivity index (χ0v) is 12.7. The molecule has 2 N–H and O–H groups in total. The first-order valence-corrected chi connectivity index (χ1v) is 7.56. The summed E-state index contributed by atoms with van der Waals surface area (Å²) < 4.78 is 0. The van der Waals surface area contributed by atoms with Gasteiger partial charge in [0.15, 0.2) is 0 Å². The summed E-state index contributed by atoms with van der Waals surface area (Å²) in [5, 5.41) is 20.1. The van der Waals surface area contributed by atoms with Crippen molar-refractivity contribution in [2.75, 3.05) is 0 Å². The van der Waals surface area contributed by atoms with Crippen LogP contribution in [0.15, 0.2) is 48.5 Å². The summed E-state index contributed by atoms with van der Waals surface area (Å²) in [4.78, 5) is 1.98. The second-order valence-corrected chi connectivity index (χ2v) is 6.29. The van der Waals surface area contributed by atoms with Gasteiger partial charge in [-0.1, -0.05) is 12.1 Å². The molecule has 0 aliphatic heterocycles. The van der Waals surface area contributed by atoms with Gasteiger partial charge in [-0.15, -0.1) is 11.3 Å². The summed E-state index contributed by atoms with van der Waals surface area (Å²) in [5.41, 5.74) is 3.71. The zero-order valence-electron chi connectivity index (χ0n) is 11.9. The molecule has 3 heteroatoms. The predicted octanol–water partition coefficient (Wildman–Crippen LogP) is 5.11. The molecule has 1 aromatic heterocycles. The molecule has 0 aliphatic rings. The highest BCUT2D eigenvalue weighted by Crippen LogP contribution is 2.41. The molecule has 3 rings (SSSR count). The average molecular weight is 296 g/mol. The van der Waals surface area contributed by atoms with Crippen LogP contribution in [-0.2, 0) is 0 Å². The van der Waals surface area contributed by atoms with E-state index in [-0.39, 0.29) is 11.5 Å². The first-order chi connectivity index (χ1) is 10.0. The molecule has 0 fully saturated rings. The lowest BCUT2D eigenvalue weighted by Crippen LogP contribution is -1.77. The van der Waals surface area contributed by atoms with Crippen LogP contribution in [0.4, 0.5) is 0 Å². The summed E-state index contributed by atoms with van der Waals surface area (Å²) in [6.07, 6.45) is 0. The lowest BCUT2D eigenvalue weighted by Gasteiger charge is -2.04. The first-order valence-electron chi connectivity index (χ1n) is 6.74. The van der Waals surface area contributed by atoms with Gasteiger partial charge in [0, 0.05) is 20.9 Å². The van der Waals surface area contributed by atoms with Crippen LogP contribution in [0, 0.1) is 13.8 Å². The Morgan fingerprint density at radius 1 is 0.667 bits per heavy atom. The van der Waals surface area contributed by atoms with E-state index in [0.29, 0.717) is 0 Å². The number of thiophene rings is 1.